The standard InChI is InChI=1S/C16H31N3O/c1-12-6-4-8-15(13(12)2)18-16(20)11-19-9-5-7-14(10-19)17-3/h12-15,17H,4-11H2,1-3H3,(H,18,20). The molecule has 2 N–H and O–H groups in total. The van der Waals surface area contributed by atoms with Crippen LogP contribution in [0.15, 0.2) is 0 Å². The van der Waals surface area contributed by atoms with Gasteiger partial charge in [-0.1, -0.05) is 26.7 Å². The third kappa shape index (κ3) is 4.19. The summed E-state index contributed by atoms with van der Waals surface area (Å²) in [5.74, 6) is 1.56. The van der Waals surface area contributed by atoms with Gasteiger partial charge in [-0.25, -0.2) is 0 Å². The molecule has 1 saturated heterocycles. The van der Waals surface area contributed by atoms with Crippen LogP contribution in [0, 0.1) is 11.8 Å². The number of nitrogens with zero attached hydrogens (tertiary/aromatic N) is 1. The first-order valence-electron chi connectivity index (χ1n) is 8.29. The Morgan fingerprint density at radius 3 is 2.75 bits per heavy atom. The van der Waals surface area contributed by atoms with E-state index in [0.717, 1.165) is 25.4 Å². The molecule has 0 aromatic rings. The second kappa shape index (κ2) is 7.41. The Kier molecular flexibility index (Phi) is 5.85. The van der Waals surface area contributed by atoms with Crippen molar-refractivity contribution in [2.45, 2.75) is 58.0 Å². The lowest BCUT2D eigenvalue weighted by atomic mass is 9.78. The van der Waals surface area contributed by atoms with Crippen molar-refractivity contribution in [3.8, 4) is 0 Å². The monoisotopic (exact) mass is 281 g/mol. The Morgan fingerprint density at radius 1 is 1.20 bits per heavy atom. The second-order valence-corrected chi connectivity index (χ2v) is 6.80. The molecule has 1 amide bonds. The van der Waals surface area contributed by atoms with E-state index in [0.29, 0.717) is 24.5 Å². The maximum absolute atomic E-state index is 12.3. The molecule has 0 aromatic heterocycles. The molecule has 0 spiro atoms. The molecular weight excluding hydrogens is 250 g/mol. The number of rotatable bonds is 4. The van der Waals surface area contributed by atoms with Crippen molar-refractivity contribution in [1.29, 1.82) is 0 Å². The predicted molar refractivity (Wildman–Crippen MR) is 82.6 cm³/mol. The number of piperidine rings is 1. The number of nitrogens with one attached hydrogen (secondary N) is 2. The zero-order valence-corrected chi connectivity index (χ0v) is 13.3. The minimum absolute atomic E-state index is 0.215. The molecule has 2 fully saturated rings. The zero-order chi connectivity index (χ0) is 14.5. The molecular formula is C16H31N3O. The van der Waals surface area contributed by atoms with Crippen LogP contribution in [0.5, 0.6) is 0 Å². The lowest BCUT2D eigenvalue weighted by Gasteiger charge is -2.36. The minimum atomic E-state index is 0.215. The SMILES string of the molecule is CNC1CCCN(CC(=O)NC2CCCC(C)C2C)C1. The Hall–Kier alpha value is -0.610. The summed E-state index contributed by atoms with van der Waals surface area (Å²) in [6.45, 7) is 7.22. The second-order valence-electron chi connectivity index (χ2n) is 6.80. The lowest BCUT2D eigenvalue weighted by Crippen LogP contribution is -2.51. The highest BCUT2D eigenvalue weighted by molar-refractivity contribution is 5.78. The smallest absolute Gasteiger partial charge is 0.234 e. The van der Waals surface area contributed by atoms with E-state index >= 15 is 0 Å². The van der Waals surface area contributed by atoms with E-state index < -0.39 is 0 Å². The number of likely N-dealkylation sites (tertiary alicyclic amines) is 1. The summed E-state index contributed by atoms with van der Waals surface area (Å²) in [5, 5.41) is 6.61. The summed E-state index contributed by atoms with van der Waals surface area (Å²) in [6, 6.07) is 0.932. The highest BCUT2D eigenvalue weighted by atomic mass is 16.2. The summed E-state index contributed by atoms with van der Waals surface area (Å²) < 4.78 is 0. The van der Waals surface area contributed by atoms with Gasteiger partial charge in [0.2, 0.25) is 5.91 Å². The van der Waals surface area contributed by atoms with E-state index in [-0.39, 0.29) is 5.91 Å². The molecule has 1 heterocycles. The molecule has 2 aliphatic rings. The van der Waals surface area contributed by atoms with Crippen molar-refractivity contribution < 1.29 is 4.79 Å². The van der Waals surface area contributed by atoms with Crippen LogP contribution in [-0.4, -0.2) is 49.6 Å². The number of hydrogen-bond acceptors (Lipinski definition) is 3. The van der Waals surface area contributed by atoms with Crippen molar-refractivity contribution in [2.24, 2.45) is 11.8 Å². The molecule has 4 nitrogen and oxygen atoms in total. The molecule has 0 aromatic carbocycles. The largest absolute Gasteiger partial charge is 0.352 e. The fourth-order valence-electron chi connectivity index (χ4n) is 3.68. The first kappa shape index (κ1) is 15.8. The lowest BCUT2D eigenvalue weighted by molar-refractivity contribution is -0.124. The van der Waals surface area contributed by atoms with E-state index in [2.05, 4.69) is 29.4 Å². The third-order valence-corrected chi connectivity index (χ3v) is 5.33. The van der Waals surface area contributed by atoms with Gasteiger partial charge in [0, 0.05) is 18.6 Å². The summed E-state index contributed by atoms with van der Waals surface area (Å²) in [6.07, 6.45) is 6.13. The molecule has 1 saturated carbocycles. The van der Waals surface area contributed by atoms with E-state index in [1.807, 2.05) is 7.05 Å². The maximum atomic E-state index is 12.3. The number of carbonyl (C=O) groups excluding carboxylic acids is 1. The van der Waals surface area contributed by atoms with E-state index in [9.17, 15) is 4.79 Å². The van der Waals surface area contributed by atoms with Crippen molar-refractivity contribution in [1.82, 2.24) is 15.5 Å². The number of likely N-dealkylation sites (N-methyl/N-ethyl adjacent to an activating group) is 1. The van der Waals surface area contributed by atoms with Crippen molar-refractivity contribution >= 4 is 5.91 Å². The molecule has 0 bridgehead atoms. The first-order chi connectivity index (χ1) is 9.60. The minimum Gasteiger partial charge on any atom is -0.352 e. The van der Waals surface area contributed by atoms with Crippen molar-refractivity contribution in [2.75, 3.05) is 26.7 Å². The average molecular weight is 281 g/mol. The molecule has 1 aliphatic carbocycles. The normalized spacial score (nSPS) is 35.8. The average Bonchev–Trinajstić information content (AvgIpc) is 2.44. The Morgan fingerprint density at radius 2 is 2.00 bits per heavy atom. The molecule has 0 radical (unpaired) electrons. The fourth-order valence-corrected chi connectivity index (χ4v) is 3.68. The van der Waals surface area contributed by atoms with Gasteiger partial charge in [0.15, 0.2) is 0 Å². The van der Waals surface area contributed by atoms with Crippen LogP contribution in [0.25, 0.3) is 0 Å². The molecule has 20 heavy (non-hydrogen) atoms. The highest BCUT2D eigenvalue weighted by Gasteiger charge is 2.29. The first-order valence-corrected chi connectivity index (χ1v) is 8.29. The summed E-state index contributed by atoms with van der Waals surface area (Å²) in [4.78, 5) is 14.5. The van der Waals surface area contributed by atoms with Gasteiger partial charge in [0.05, 0.1) is 6.54 Å². The topological polar surface area (TPSA) is 44.4 Å². The Bertz CT molecular complexity index is 321. The maximum Gasteiger partial charge on any atom is 0.234 e. The van der Waals surface area contributed by atoms with E-state index in [1.54, 1.807) is 0 Å². The Balaban J connectivity index is 1.77. The van der Waals surface area contributed by atoms with Gasteiger partial charge in [0.1, 0.15) is 0 Å². The molecule has 4 unspecified atom stereocenters. The van der Waals surface area contributed by atoms with Crippen LogP contribution < -0.4 is 10.6 Å². The van der Waals surface area contributed by atoms with Crippen LogP contribution >= 0.6 is 0 Å². The zero-order valence-electron chi connectivity index (χ0n) is 13.3. The predicted octanol–water partition coefficient (Wildman–Crippen LogP) is 1.61. The number of amides is 1. The van der Waals surface area contributed by atoms with Crippen LogP contribution in [0.1, 0.15) is 46.0 Å². The van der Waals surface area contributed by atoms with Gasteiger partial charge in [-0.15, -0.1) is 0 Å². The summed E-state index contributed by atoms with van der Waals surface area (Å²) in [5.41, 5.74) is 0. The van der Waals surface area contributed by atoms with Crippen molar-refractivity contribution in [3.63, 3.8) is 0 Å². The summed E-state index contributed by atoms with van der Waals surface area (Å²) >= 11 is 0. The van der Waals surface area contributed by atoms with Crippen LogP contribution in [0.3, 0.4) is 0 Å². The van der Waals surface area contributed by atoms with Gasteiger partial charge in [0.25, 0.3) is 0 Å². The third-order valence-electron chi connectivity index (χ3n) is 5.33. The quantitative estimate of drug-likeness (QED) is 0.823. The number of carbonyl (C=O) groups is 1. The van der Waals surface area contributed by atoms with Gasteiger partial charge in [-0.2, -0.15) is 0 Å². The van der Waals surface area contributed by atoms with E-state index in [4.69, 9.17) is 0 Å². The van der Waals surface area contributed by atoms with Crippen LogP contribution in [0.4, 0.5) is 0 Å². The van der Waals surface area contributed by atoms with Crippen LogP contribution in [-0.2, 0) is 4.79 Å². The highest BCUT2D eigenvalue weighted by Crippen LogP contribution is 2.29. The van der Waals surface area contributed by atoms with Gasteiger partial charge < -0.3 is 10.6 Å². The fraction of sp³-hybridized carbons (Fsp3) is 0.938. The molecule has 4 heteroatoms. The Labute approximate surface area is 123 Å². The van der Waals surface area contributed by atoms with Crippen LogP contribution in [0.2, 0.25) is 0 Å². The van der Waals surface area contributed by atoms with Crippen molar-refractivity contribution in [3.05, 3.63) is 0 Å². The van der Waals surface area contributed by atoms with E-state index in [1.165, 1.54) is 25.7 Å². The molecule has 4 atom stereocenters. The molecule has 1 aliphatic heterocycles. The van der Waals surface area contributed by atoms with Gasteiger partial charge >= 0.3 is 0 Å². The molecule has 116 valence electrons. The van der Waals surface area contributed by atoms with Gasteiger partial charge in [-0.05, 0) is 44.7 Å². The number of hydrogen-bond donors (Lipinski definition) is 2. The molecule has 2 rings (SSSR count). The van der Waals surface area contributed by atoms with Gasteiger partial charge in [-0.3, -0.25) is 9.69 Å². The summed E-state index contributed by atoms with van der Waals surface area (Å²) in [7, 11) is 2.01.